The Bertz CT molecular complexity index is 819. The first kappa shape index (κ1) is 20.5. The Morgan fingerprint density at radius 3 is 2.37 bits per heavy atom. The molecule has 1 N–H and O–H groups in total. The highest BCUT2D eigenvalue weighted by molar-refractivity contribution is 6.30. The Balaban J connectivity index is 1.83. The van der Waals surface area contributed by atoms with Crippen molar-refractivity contribution in [3.63, 3.8) is 0 Å². The van der Waals surface area contributed by atoms with Crippen molar-refractivity contribution in [1.82, 2.24) is 0 Å². The second-order valence-electron chi connectivity index (χ2n) is 5.75. The van der Waals surface area contributed by atoms with Gasteiger partial charge in [-0.1, -0.05) is 23.7 Å². The SMILES string of the molecule is COc1ccccc1NC(=O)[C@@H](C)OC(=O)CCC(=O)c1ccc(Cl)cc1. The monoisotopic (exact) mass is 389 g/mol. The maximum atomic E-state index is 12.2. The maximum absolute atomic E-state index is 12.2. The lowest BCUT2D eigenvalue weighted by atomic mass is 10.1. The van der Waals surface area contributed by atoms with Crippen molar-refractivity contribution in [3.8, 4) is 5.75 Å². The highest BCUT2D eigenvalue weighted by Crippen LogP contribution is 2.23. The number of esters is 1. The van der Waals surface area contributed by atoms with Gasteiger partial charge in [-0.15, -0.1) is 0 Å². The molecule has 2 aromatic carbocycles. The van der Waals surface area contributed by atoms with Crippen molar-refractivity contribution in [2.45, 2.75) is 25.9 Å². The van der Waals surface area contributed by atoms with Gasteiger partial charge in [-0.05, 0) is 43.3 Å². The number of rotatable bonds is 8. The van der Waals surface area contributed by atoms with E-state index >= 15 is 0 Å². The summed E-state index contributed by atoms with van der Waals surface area (Å²) in [5.74, 6) is -0.815. The van der Waals surface area contributed by atoms with E-state index in [4.69, 9.17) is 21.1 Å². The number of nitrogens with one attached hydrogen (secondary N) is 1. The van der Waals surface area contributed by atoms with Crippen LogP contribution in [0.2, 0.25) is 5.02 Å². The quantitative estimate of drug-likeness (QED) is 0.547. The van der Waals surface area contributed by atoms with E-state index in [1.165, 1.54) is 14.0 Å². The number of Topliss-reactive ketones (excluding diaryl/α,β-unsaturated/α-hetero) is 1. The molecule has 6 nitrogen and oxygen atoms in total. The molecule has 2 aromatic rings. The van der Waals surface area contributed by atoms with Gasteiger partial charge >= 0.3 is 5.97 Å². The van der Waals surface area contributed by atoms with Crippen molar-refractivity contribution in [1.29, 1.82) is 0 Å². The number of anilines is 1. The number of methoxy groups -OCH3 is 1. The molecule has 0 bridgehead atoms. The third-order valence-electron chi connectivity index (χ3n) is 3.76. The van der Waals surface area contributed by atoms with E-state index < -0.39 is 18.0 Å². The molecule has 0 aliphatic rings. The number of hydrogen-bond acceptors (Lipinski definition) is 5. The lowest BCUT2D eigenvalue weighted by Crippen LogP contribution is -2.30. The van der Waals surface area contributed by atoms with Crippen LogP contribution in [-0.4, -0.2) is 30.9 Å². The van der Waals surface area contributed by atoms with E-state index in [0.717, 1.165) is 0 Å². The van der Waals surface area contributed by atoms with Gasteiger partial charge in [-0.2, -0.15) is 0 Å². The number of benzene rings is 2. The smallest absolute Gasteiger partial charge is 0.307 e. The molecule has 0 fully saturated rings. The fraction of sp³-hybridized carbons (Fsp3) is 0.250. The van der Waals surface area contributed by atoms with Crippen LogP contribution in [0.5, 0.6) is 5.75 Å². The highest BCUT2D eigenvalue weighted by atomic mass is 35.5. The predicted octanol–water partition coefficient (Wildman–Crippen LogP) is 3.88. The van der Waals surface area contributed by atoms with Gasteiger partial charge in [0, 0.05) is 17.0 Å². The molecule has 142 valence electrons. The third kappa shape index (κ3) is 6.11. The molecule has 1 atom stereocenters. The summed E-state index contributed by atoms with van der Waals surface area (Å²) in [6, 6.07) is 13.3. The van der Waals surface area contributed by atoms with Crippen molar-refractivity contribution in [2.75, 3.05) is 12.4 Å². The first-order chi connectivity index (χ1) is 12.9. The molecule has 1 amide bonds. The van der Waals surface area contributed by atoms with Crippen LogP contribution in [0.1, 0.15) is 30.1 Å². The molecule has 0 spiro atoms. The Morgan fingerprint density at radius 2 is 1.70 bits per heavy atom. The van der Waals surface area contributed by atoms with Crippen LogP contribution in [0.25, 0.3) is 0 Å². The molecule has 0 heterocycles. The van der Waals surface area contributed by atoms with Gasteiger partial charge in [0.2, 0.25) is 0 Å². The van der Waals surface area contributed by atoms with Crippen LogP contribution >= 0.6 is 11.6 Å². The van der Waals surface area contributed by atoms with Crippen molar-refractivity contribution in [3.05, 3.63) is 59.1 Å². The van der Waals surface area contributed by atoms with E-state index in [0.29, 0.717) is 22.0 Å². The summed E-state index contributed by atoms with van der Waals surface area (Å²) in [5, 5.41) is 3.17. The van der Waals surface area contributed by atoms with Crippen LogP contribution in [0, 0.1) is 0 Å². The minimum absolute atomic E-state index is 0.0126. The number of hydrogen-bond donors (Lipinski definition) is 1. The van der Waals surface area contributed by atoms with Gasteiger partial charge in [0.15, 0.2) is 11.9 Å². The second kappa shape index (κ2) is 9.73. The third-order valence-corrected chi connectivity index (χ3v) is 4.02. The van der Waals surface area contributed by atoms with E-state index in [2.05, 4.69) is 5.32 Å². The van der Waals surface area contributed by atoms with Crippen molar-refractivity contribution in [2.24, 2.45) is 0 Å². The van der Waals surface area contributed by atoms with Crippen LogP contribution < -0.4 is 10.1 Å². The average molecular weight is 390 g/mol. The molecule has 0 saturated heterocycles. The molecule has 0 saturated carbocycles. The zero-order valence-corrected chi connectivity index (χ0v) is 15.8. The lowest BCUT2D eigenvalue weighted by Gasteiger charge is -2.15. The summed E-state index contributed by atoms with van der Waals surface area (Å²) in [6.45, 7) is 1.46. The zero-order valence-electron chi connectivity index (χ0n) is 15.0. The number of amides is 1. The van der Waals surface area contributed by atoms with Gasteiger partial charge < -0.3 is 14.8 Å². The van der Waals surface area contributed by atoms with Crippen LogP contribution in [0.3, 0.4) is 0 Å². The van der Waals surface area contributed by atoms with Crippen LogP contribution in [0.15, 0.2) is 48.5 Å². The Morgan fingerprint density at radius 1 is 1.04 bits per heavy atom. The van der Waals surface area contributed by atoms with Gasteiger partial charge in [0.1, 0.15) is 5.75 Å². The summed E-state index contributed by atoms with van der Waals surface area (Å²) in [5.41, 5.74) is 0.944. The number of ketones is 1. The normalized spacial score (nSPS) is 11.4. The van der Waals surface area contributed by atoms with Crippen LogP contribution in [-0.2, 0) is 14.3 Å². The fourth-order valence-electron chi connectivity index (χ4n) is 2.29. The largest absolute Gasteiger partial charge is 0.495 e. The molecule has 7 heteroatoms. The summed E-state index contributed by atoms with van der Waals surface area (Å²) in [4.78, 5) is 36.2. The number of carbonyl (C=O) groups excluding carboxylic acids is 3. The number of carbonyl (C=O) groups is 3. The van der Waals surface area contributed by atoms with Crippen molar-refractivity contribution < 1.29 is 23.9 Å². The van der Waals surface area contributed by atoms with Crippen LogP contribution in [0.4, 0.5) is 5.69 Å². The Hall–Kier alpha value is -2.86. The molecule has 0 aliphatic carbocycles. The molecular weight excluding hydrogens is 370 g/mol. The van der Waals surface area contributed by atoms with E-state index in [1.807, 2.05) is 0 Å². The summed E-state index contributed by atoms with van der Waals surface area (Å²) in [7, 11) is 1.49. The number of ether oxygens (including phenoxy) is 2. The summed E-state index contributed by atoms with van der Waals surface area (Å²) in [6.07, 6.45) is -1.14. The molecular formula is C20H20ClNO5. The first-order valence-corrected chi connectivity index (χ1v) is 8.70. The molecule has 0 aromatic heterocycles. The average Bonchev–Trinajstić information content (AvgIpc) is 2.67. The Kier molecular flexibility index (Phi) is 7.37. The van der Waals surface area contributed by atoms with E-state index in [1.54, 1.807) is 48.5 Å². The minimum Gasteiger partial charge on any atom is -0.495 e. The van der Waals surface area contributed by atoms with Gasteiger partial charge in [0.05, 0.1) is 19.2 Å². The molecule has 27 heavy (non-hydrogen) atoms. The minimum atomic E-state index is -1.01. The molecule has 0 unspecified atom stereocenters. The topological polar surface area (TPSA) is 81.7 Å². The molecule has 0 aliphatic heterocycles. The highest BCUT2D eigenvalue weighted by Gasteiger charge is 2.20. The van der Waals surface area contributed by atoms with E-state index in [9.17, 15) is 14.4 Å². The summed E-state index contributed by atoms with van der Waals surface area (Å²) < 4.78 is 10.3. The van der Waals surface area contributed by atoms with Gasteiger partial charge in [0.25, 0.3) is 5.91 Å². The summed E-state index contributed by atoms with van der Waals surface area (Å²) >= 11 is 5.78. The lowest BCUT2D eigenvalue weighted by molar-refractivity contribution is -0.153. The zero-order chi connectivity index (χ0) is 19.8. The predicted molar refractivity (Wildman–Crippen MR) is 102 cm³/mol. The molecule has 2 rings (SSSR count). The van der Waals surface area contributed by atoms with E-state index in [-0.39, 0.29) is 18.6 Å². The molecule has 0 radical (unpaired) electrons. The standard InChI is InChI=1S/C20H20ClNO5/c1-13(20(25)22-16-5-3-4-6-18(16)26-2)27-19(24)12-11-17(23)14-7-9-15(21)10-8-14/h3-10,13H,11-12H2,1-2H3,(H,22,25)/t13-/m1/s1. The number of para-hydroxylation sites is 2. The van der Waals surface area contributed by atoms with Crippen molar-refractivity contribution >= 4 is 34.9 Å². The Labute approximate surface area is 162 Å². The second-order valence-corrected chi connectivity index (χ2v) is 6.19. The van der Waals surface area contributed by atoms with Gasteiger partial charge in [-0.3, -0.25) is 14.4 Å². The maximum Gasteiger partial charge on any atom is 0.307 e. The van der Waals surface area contributed by atoms with Gasteiger partial charge in [-0.25, -0.2) is 0 Å². The fourth-order valence-corrected chi connectivity index (χ4v) is 2.41. The number of halogens is 1. The first-order valence-electron chi connectivity index (χ1n) is 8.33.